The summed E-state index contributed by atoms with van der Waals surface area (Å²) in [6.07, 6.45) is 5.03. The average Bonchev–Trinajstić information content (AvgIpc) is 3.36. The molecule has 1 aliphatic heterocycles. The van der Waals surface area contributed by atoms with Gasteiger partial charge in [0, 0.05) is 49.3 Å². The van der Waals surface area contributed by atoms with E-state index in [1.165, 1.54) is 5.56 Å². The van der Waals surface area contributed by atoms with Crippen molar-refractivity contribution in [3.63, 3.8) is 0 Å². The van der Waals surface area contributed by atoms with Gasteiger partial charge in [-0.05, 0) is 54.0 Å². The maximum Gasteiger partial charge on any atom is 0.295 e. The van der Waals surface area contributed by atoms with Crippen molar-refractivity contribution in [3.8, 4) is 11.1 Å². The molecule has 0 unspecified atom stereocenters. The van der Waals surface area contributed by atoms with Crippen LogP contribution in [0.3, 0.4) is 0 Å². The zero-order chi connectivity index (χ0) is 22.5. The third kappa shape index (κ3) is 4.86. The molecular formula is C24H28Br2N4O2. The van der Waals surface area contributed by atoms with Crippen molar-refractivity contribution in [1.29, 1.82) is 0 Å². The van der Waals surface area contributed by atoms with Crippen LogP contribution in [-0.4, -0.2) is 57.5 Å². The van der Waals surface area contributed by atoms with E-state index in [-0.39, 0.29) is 10.6 Å². The number of benzene rings is 2. The fourth-order valence-electron chi connectivity index (χ4n) is 4.56. The molecule has 2 aliphatic rings. The maximum absolute atomic E-state index is 12.0. The van der Waals surface area contributed by atoms with Crippen LogP contribution in [0.2, 0.25) is 0 Å². The van der Waals surface area contributed by atoms with Gasteiger partial charge < -0.3 is 9.80 Å². The molecule has 1 saturated heterocycles. The number of fused-ring (bicyclic) bond motifs is 3. The lowest BCUT2D eigenvalue weighted by molar-refractivity contribution is -0.384. The zero-order valence-electron chi connectivity index (χ0n) is 18.1. The number of nitro benzene ring substituents is 1. The average molecular weight is 564 g/mol. The van der Waals surface area contributed by atoms with E-state index >= 15 is 0 Å². The molecule has 8 heteroatoms. The summed E-state index contributed by atoms with van der Waals surface area (Å²) in [6.45, 7) is 3.67. The van der Waals surface area contributed by atoms with Crippen LogP contribution in [0.4, 0.5) is 11.4 Å². The highest BCUT2D eigenvalue weighted by Crippen LogP contribution is 2.45. The number of halogens is 2. The van der Waals surface area contributed by atoms with Gasteiger partial charge >= 0.3 is 0 Å². The molecule has 0 N–H and O–H groups in total. The fraction of sp³-hybridized carbons (Fsp3) is 0.458. The smallest absolute Gasteiger partial charge is 0.295 e. The van der Waals surface area contributed by atoms with Gasteiger partial charge in [0.2, 0.25) is 5.96 Å². The third-order valence-electron chi connectivity index (χ3n) is 6.17. The number of alkyl halides is 2. The Labute approximate surface area is 206 Å². The second kappa shape index (κ2) is 10.8. The first kappa shape index (κ1) is 23.2. The fourth-order valence-corrected chi connectivity index (χ4v) is 5.35. The van der Waals surface area contributed by atoms with E-state index in [1.54, 1.807) is 6.07 Å². The summed E-state index contributed by atoms with van der Waals surface area (Å²) in [5.74, 6) is 0.890. The van der Waals surface area contributed by atoms with Crippen LogP contribution in [0.5, 0.6) is 0 Å². The van der Waals surface area contributed by atoms with Crippen molar-refractivity contribution < 1.29 is 4.92 Å². The van der Waals surface area contributed by atoms with Crippen LogP contribution in [0.25, 0.3) is 11.1 Å². The molecule has 32 heavy (non-hydrogen) atoms. The number of guanidine groups is 1. The summed E-state index contributed by atoms with van der Waals surface area (Å²) in [5.41, 5.74) is 5.03. The normalized spacial score (nSPS) is 14.6. The second-order valence-corrected chi connectivity index (χ2v) is 9.81. The number of hydrogen-bond donors (Lipinski definition) is 0. The highest BCUT2D eigenvalue weighted by atomic mass is 79.9. The molecule has 1 heterocycles. The number of aliphatic imine (C=N–C) groups is 1. The lowest BCUT2D eigenvalue weighted by atomic mass is 10.0. The van der Waals surface area contributed by atoms with Gasteiger partial charge in [-0.3, -0.25) is 10.1 Å². The van der Waals surface area contributed by atoms with Crippen molar-refractivity contribution in [2.24, 2.45) is 4.99 Å². The number of hydrogen-bond acceptors (Lipinski definition) is 3. The summed E-state index contributed by atoms with van der Waals surface area (Å²) in [6, 6.07) is 11.8. The van der Waals surface area contributed by atoms with Crippen LogP contribution in [-0.2, 0) is 6.42 Å². The number of unbranched alkanes of at least 4 members (excludes halogenated alkanes) is 2. The summed E-state index contributed by atoms with van der Waals surface area (Å²) in [5, 5.41) is 13.9. The predicted molar refractivity (Wildman–Crippen MR) is 138 cm³/mol. The first-order valence-corrected chi connectivity index (χ1v) is 13.5. The summed E-state index contributed by atoms with van der Waals surface area (Å²) in [4.78, 5) is 21.3. The quantitative estimate of drug-likeness (QED) is 0.129. The van der Waals surface area contributed by atoms with Gasteiger partial charge in [0.1, 0.15) is 5.69 Å². The molecule has 6 nitrogen and oxygen atoms in total. The first-order chi connectivity index (χ1) is 15.6. The minimum Gasteiger partial charge on any atom is -0.341 e. The van der Waals surface area contributed by atoms with Crippen LogP contribution in [0.15, 0.2) is 41.4 Å². The van der Waals surface area contributed by atoms with Gasteiger partial charge in [-0.25, -0.2) is 4.99 Å². The van der Waals surface area contributed by atoms with E-state index in [0.29, 0.717) is 12.1 Å². The van der Waals surface area contributed by atoms with Gasteiger partial charge in [-0.15, -0.1) is 0 Å². The molecule has 0 bridgehead atoms. The molecule has 4 rings (SSSR count). The van der Waals surface area contributed by atoms with E-state index in [2.05, 4.69) is 53.8 Å². The molecule has 0 radical (unpaired) electrons. The molecule has 0 aromatic heterocycles. The highest BCUT2D eigenvalue weighted by Gasteiger charge is 2.31. The summed E-state index contributed by atoms with van der Waals surface area (Å²) >= 11 is 7.03. The standard InChI is InChI=1S/C24H28Br2N4O2/c25-11-3-5-13-28-15-16-29(14-6-4-12-26)24(28)27-23-21-17-18-7-1-2-8-19(18)20(21)9-10-22(23)30(31)32/h1-2,7-10H,3-6,11-17H2. The summed E-state index contributed by atoms with van der Waals surface area (Å²) in [7, 11) is 0. The van der Waals surface area contributed by atoms with E-state index in [0.717, 1.165) is 85.2 Å². The number of rotatable bonds is 10. The Morgan fingerprint density at radius 2 is 1.56 bits per heavy atom. The van der Waals surface area contributed by atoms with E-state index < -0.39 is 0 Å². The molecule has 0 spiro atoms. The van der Waals surface area contributed by atoms with Crippen molar-refractivity contribution in [3.05, 3.63) is 57.6 Å². The van der Waals surface area contributed by atoms with Gasteiger partial charge in [0.25, 0.3) is 5.69 Å². The first-order valence-electron chi connectivity index (χ1n) is 11.2. The molecule has 1 fully saturated rings. The molecular weight excluding hydrogens is 536 g/mol. The van der Waals surface area contributed by atoms with Gasteiger partial charge in [0.05, 0.1) is 4.92 Å². The predicted octanol–water partition coefficient (Wildman–Crippen LogP) is 6.12. The largest absolute Gasteiger partial charge is 0.341 e. The molecule has 2 aromatic rings. The Morgan fingerprint density at radius 1 is 0.906 bits per heavy atom. The van der Waals surface area contributed by atoms with E-state index in [9.17, 15) is 10.1 Å². The van der Waals surface area contributed by atoms with Crippen LogP contribution in [0, 0.1) is 10.1 Å². The van der Waals surface area contributed by atoms with Crippen molar-refractivity contribution >= 4 is 49.2 Å². The van der Waals surface area contributed by atoms with Gasteiger partial charge in [-0.2, -0.15) is 0 Å². The lowest BCUT2D eigenvalue weighted by Crippen LogP contribution is -2.34. The van der Waals surface area contributed by atoms with Crippen molar-refractivity contribution in [2.75, 3.05) is 36.8 Å². The SMILES string of the molecule is O=[N+]([O-])c1ccc2c(c1N=C1N(CCCCBr)CCN1CCCCBr)Cc1ccccc1-2. The minimum absolute atomic E-state index is 0.0942. The third-order valence-corrected chi connectivity index (χ3v) is 7.30. The lowest BCUT2D eigenvalue weighted by Gasteiger charge is -2.23. The minimum atomic E-state index is -0.290. The second-order valence-electron chi connectivity index (χ2n) is 8.23. The van der Waals surface area contributed by atoms with Crippen molar-refractivity contribution in [2.45, 2.75) is 32.1 Å². The highest BCUT2D eigenvalue weighted by molar-refractivity contribution is 9.09. The van der Waals surface area contributed by atoms with Crippen LogP contribution < -0.4 is 0 Å². The Morgan fingerprint density at radius 3 is 2.19 bits per heavy atom. The molecule has 2 aromatic carbocycles. The molecule has 0 amide bonds. The van der Waals surface area contributed by atoms with Gasteiger partial charge in [-0.1, -0.05) is 56.1 Å². The molecule has 170 valence electrons. The molecule has 1 aliphatic carbocycles. The monoisotopic (exact) mass is 562 g/mol. The van der Waals surface area contributed by atoms with Crippen LogP contribution in [0.1, 0.15) is 36.8 Å². The Hall–Kier alpha value is -1.93. The summed E-state index contributed by atoms with van der Waals surface area (Å²) < 4.78 is 0. The Kier molecular flexibility index (Phi) is 7.84. The zero-order valence-corrected chi connectivity index (χ0v) is 21.3. The number of nitrogens with zero attached hydrogens (tertiary/aromatic N) is 4. The number of nitro groups is 1. The van der Waals surface area contributed by atoms with Crippen molar-refractivity contribution in [1.82, 2.24) is 9.80 Å². The molecule has 0 atom stereocenters. The molecule has 0 saturated carbocycles. The maximum atomic E-state index is 12.0. The topological polar surface area (TPSA) is 62.0 Å². The Bertz CT molecular complexity index is 991. The van der Waals surface area contributed by atoms with Crippen LogP contribution >= 0.6 is 31.9 Å². The van der Waals surface area contributed by atoms with E-state index in [4.69, 9.17) is 4.99 Å². The van der Waals surface area contributed by atoms with Gasteiger partial charge in [0.15, 0.2) is 0 Å². The Balaban J connectivity index is 1.75. The van der Waals surface area contributed by atoms with E-state index in [1.807, 2.05) is 18.2 Å².